The van der Waals surface area contributed by atoms with Gasteiger partial charge in [-0.3, -0.25) is 4.79 Å². The number of fused-ring (bicyclic) bond motifs is 1. The summed E-state index contributed by atoms with van der Waals surface area (Å²) < 4.78 is 6.60. The summed E-state index contributed by atoms with van der Waals surface area (Å²) in [4.78, 5) is 13.1. The zero-order valence-corrected chi connectivity index (χ0v) is 13.0. The zero-order valence-electron chi connectivity index (χ0n) is 10.6. The molecular weight excluding hydrogens is 340 g/mol. The monoisotopic (exact) mass is 352 g/mol. The van der Waals surface area contributed by atoms with Crippen LogP contribution in [0, 0.1) is 0 Å². The predicted octanol–water partition coefficient (Wildman–Crippen LogP) is 3.86. The quantitative estimate of drug-likeness (QED) is 0.912. The van der Waals surface area contributed by atoms with Crippen molar-refractivity contribution in [1.29, 1.82) is 0 Å². The second kappa shape index (κ2) is 5.22. The molecule has 3 rings (SSSR count). The first-order chi connectivity index (χ1) is 9.62. The SMILES string of the molecule is O=C(O)C1(Cc2cc(Br)cs2)CCOc2ccccc21. The number of rotatable bonds is 3. The van der Waals surface area contributed by atoms with Gasteiger partial charge in [0, 0.05) is 33.1 Å². The van der Waals surface area contributed by atoms with Gasteiger partial charge < -0.3 is 9.84 Å². The molecule has 0 spiro atoms. The minimum Gasteiger partial charge on any atom is -0.493 e. The summed E-state index contributed by atoms with van der Waals surface area (Å²) in [7, 11) is 0. The van der Waals surface area contributed by atoms with Crippen LogP contribution in [0.5, 0.6) is 5.75 Å². The molecule has 2 aromatic rings. The molecule has 1 aliphatic heterocycles. The summed E-state index contributed by atoms with van der Waals surface area (Å²) in [6, 6.07) is 9.45. The van der Waals surface area contributed by atoms with E-state index in [1.165, 1.54) is 0 Å². The molecule has 1 aromatic carbocycles. The summed E-state index contributed by atoms with van der Waals surface area (Å²) in [5, 5.41) is 11.8. The lowest BCUT2D eigenvalue weighted by Gasteiger charge is -2.35. The molecule has 1 unspecified atom stereocenters. The van der Waals surface area contributed by atoms with E-state index in [1.807, 2.05) is 35.7 Å². The number of halogens is 1. The number of carboxylic acids is 1. The molecule has 0 aliphatic carbocycles. The maximum Gasteiger partial charge on any atom is 0.314 e. The molecule has 0 bridgehead atoms. The highest BCUT2D eigenvalue weighted by atomic mass is 79.9. The maximum absolute atomic E-state index is 12.0. The van der Waals surface area contributed by atoms with E-state index in [2.05, 4.69) is 15.9 Å². The van der Waals surface area contributed by atoms with Gasteiger partial charge in [-0.15, -0.1) is 11.3 Å². The number of benzene rings is 1. The molecule has 0 amide bonds. The van der Waals surface area contributed by atoms with E-state index in [-0.39, 0.29) is 0 Å². The van der Waals surface area contributed by atoms with Crippen LogP contribution in [0.2, 0.25) is 0 Å². The van der Waals surface area contributed by atoms with Crippen LogP contribution in [-0.2, 0) is 16.6 Å². The fourth-order valence-corrected chi connectivity index (χ4v) is 4.25. The van der Waals surface area contributed by atoms with Crippen molar-refractivity contribution in [1.82, 2.24) is 0 Å². The molecule has 0 fully saturated rings. The number of para-hydroxylation sites is 1. The van der Waals surface area contributed by atoms with E-state index >= 15 is 0 Å². The van der Waals surface area contributed by atoms with Crippen LogP contribution in [0.1, 0.15) is 16.9 Å². The van der Waals surface area contributed by atoms with Crippen molar-refractivity contribution in [3.8, 4) is 5.75 Å². The number of carboxylic acid groups (broad SMARTS) is 1. The van der Waals surface area contributed by atoms with Gasteiger partial charge in [0.2, 0.25) is 0 Å². The van der Waals surface area contributed by atoms with Crippen LogP contribution in [0.15, 0.2) is 40.2 Å². The average Bonchev–Trinajstić information content (AvgIpc) is 2.84. The van der Waals surface area contributed by atoms with Gasteiger partial charge in [-0.1, -0.05) is 18.2 Å². The summed E-state index contributed by atoms with van der Waals surface area (Å²) in [5.41, 5.74) is -0.109. The van der Waals surface area contributed by atoms with Gasteiger partial charge in [-0.2, -0.15) is 0 Å². The van der Waals surface area contributed by atoms with Gasteiger partial charge in [0.25, 0.3) is 0 Å². The Morgan fingerprint density at radius 3 is 2.95 bits per heavy atom. The van der Waals surface area contributed by atoms with Gasteiger partial charge in [-0.25, -0.2) is 0 Å². The van der Waals surface area contributed by atoms with Crippen LogP contribution < -0.4 is 4.74 Å². The lowest BCUT2D eigenvalue weighted by molar-refractivity contribution is -0.145. The van der Waals surface area contributed by atoms with Crippen molar-refractivity contribution in [3.63, 3.8) is 0 Å². The molecule has 2 heterocycles. The standard InChI is InChI=1S/C15H13BrO3S/c16-10-7-11(20-9-10)8-15(14(17)18)5-6-19-13-4-2-1-3-12(13)15/h1-4,7,9H,5-6,8H2,(H,17,18). The molecule has 104 valence electrons. The maximum atomic E-state index is 12.0. The van der Waals surface area contributed by atoms with Gasteiger partial charge in [-0.05, 0) is 28.1 Å². The van der Waals surface area contributed by atoms with Crippen molar-refractivity contribution >= 4 is 33.2 Å². The minimum absolute atomic E-state index is 0.440. The summed E-state index contributed by atoms with van der Waals surface area (Å²) in [6.45, 7) is 0.440. The second-order valence-electron chi connectivity index (χ2n) is 4.89. The Morgan fingerprint density at radius 1 is 1.45 bits per heavy atom. The van der Waals surface area contributed by atoms with Crippen molar-refractivity contribution in [2.75, 3.05) is 6.61 Å². The Morgan fingerprint density at radius 2 is 2.25 bits per heavy atom. The molecule has 3 nitrogen and oxygen atoms in total. The zero-order chi connectivity index (χ0) is 14.2. The van der Waals surface area contributed by atoms with Crippen molar-refractivity contribution in [2.24, 2.45) is 0 Å². The van der Waals surface area contributed by atoms with Crippen LogP contribution in [0.25, 0.3) is 0 Å². The summed E-state index contributed by atoms with van der Waals surface area (Å²) in [6.07, 6.45) is 0.994. The highest BCUT2D eigenvalue weighted by molar-refractivity contribution is 9.10. The summed E-state index contributed by atoms with van der Waals surface area (Å²) >= 11 is 5.00. The Balaban J connectivity index is 2.07. The first-order valence-electron chi connectivity index (χ1n) is 6.30. The number of thiophene rings is 1. The molecule has 1 N–H and O–H groups in total. The highest BCUT2D eigenvalue weighted by Gasteiger charge is 2.45. The fraction of sp³-hybridized carbons (Fsp3) is 0.267. The molecule has 1 aromatic heterocycles. The van der Waals surface area contributed by atoms with Crippen LogP contribution in [0.3, 0.4) is 0 Å². The van der Waals surface area contributed by atoms with Crippen molar-refractivity contribution in [2.45, 2.75) is 18.3 Å². The Bertz CT molecular complexity index is 652. The van der Waals surface area contributed by atoms with E-state index in [0.717, 1.165) is 14.9 Å². The fourth-order valence-electron chi connectivity index (χ4n) is 2.68. The van der Waals surface area contributed by atoms with Crippen molar-refractivity contribution in [3.05, 3.63) is 50.6 Å². The Kier molecular flexibility index (Phi) is 3.56. The first-order valence-corrected chi connectivity index (χ1v) is 7.98. The molecule has 0 saturated carbocycles. The summed E-state index contributed by atoms with van der Waals surface area (Å²) in [5.74, 6) is -0.0884. The largest absolute Gasteiger partial charge is 0.493 e. The molecule has 5 heteroatoms. The normalized spacial score (nSPS) is 21.1. The molecule has 0 saturated heterocycles. The molecule has 0 radical (unpaired) electrons. The first kappa shape index (κ1) is 13.6. The van der Waals surface area contributed by atoms with Gasteiger partial charge in [0.05, 0.1) is 6.61 Å². The third-order valence-corrected chi connectivity index (χ3v) is 5.39. The van der Waals surface area contributed by atoms with E-state index in [0.29, 0.717) is 25.2 Å². The third-order valence-electron chi connectivity index (χ3n) is 3.70. The topological polar surface area (TPSA) is 46.5 Å². The van der Waals surface area contributed by atoms with Gasteiger partial charge in [0.15, 0.2) is 0 Å². The number of hydrogen-bond acceptors (Lipinski definition) is 3. The Labute approximate surface area is 129 Å². The number of aliphatic carboxylic acids is 1. The molecule has 20 heavy (non-hydrogen) atoms. The van der Waals surface area contributed by atoms with E-state index in [1.54, 1.807) is 11.3 Å². The number of carbonyl (C=O) groups is 1. The lowest BCUT2D eigenvalue weighted by Crippen LogP contribution is -2.42. The van der Waals surface area contributed by atoms with Crippen LogP contribution >= 0.6 is 27.3 Å². The van der Waals surface area contributed by atoms with Crippen LogP contribution in [0.4, 0.5) is 0 Å². The molecule has 1 aliphatic rings. The number of hydrogen-bond donors (Lipinski definition) is 1. The third kappa shape index (κ3) is 2.25. The lowest BCUT2D eigenvalue weighted by atomic mass is 9.73. The molecular formula is C15H13BrO3S. The van der Waals surface area contributed by atoms with Crippen LogP contribution in [-0.4, -0.2) is 17.7 Å². The van der Waals surface area contributed by atoms with Crippen molar-refractivity contribution < 1.29 is 14.6 Å². The smallest absolute Gasteiger partial charge is 0.314 e. The predicted molar refractivity (Wildman–Crippen MR) is 81.6 cm³/mol. The molecule has 1 atom stereocenters. The van der Waals surface area contributed by atoms with Gasteiger partial charge in [0.1, 0.15) is 11.2 Å². The van der Waals surface area contributed by atoms with E-state index in [9.17, 15) is 9.90 Å². The van der Waals surface area contributed by atoms with E-state index in [4.69, 9.17) is 4.74 Å². The van der Waals surface area contributed by atoms with Gasteiger partial charge >= 0.3 is 5.97 Å². The second-order valence-corrected chi connectivity index (χ2v) is 6.80. The Hall–Kier alpha value is -1.33. The average molecular weight is 353 g/mol. The highest BCUT2D eigenvalue weighted by Crippen LogP contribution is 2.42. The van der Waals surface area contributed by atoms with E-state index < -0.39 is 11.4 Å². The minimum atomic E-state index is -0.890. The number of ether oxygens (including phenoxy) is 1.